The summed E-state index contributed by atoms with van der Waals surface area (Å²) in [6.45, 7) is 0. The zero-order chi connectivity index (χ0) is 14.3. The molecule has 0 spiro atoms. The standard InChI is InChI=1S/C14H12N2O3S/c1-20(18,19)9-6-7-13(17)10(8-9)14-15-11-4-2-3-5-12(11)16-14/h2-8,17H,1H3,(H,15,16). The minimum Gasteiger partial charge on any atom is -0.507 e. The number of rotatable bonds is 2. The van der Waals surface area contributed by atoms with Crippen molar-refractivity contribution in [1.82, 2.24) is 9.97 Å². The van der Waals surface area contributed by atoms with Gasteiger partial charge in [0.25, 0.3) is 0 Å². The minimum absolute atomic E-state index is 0.0172. The lowest BCUT2D eigenvalue weighted by Crippen LogP contribution is -1.97. The van der Waals surface area contributed by atoms with E-state index in [1.54, 1.807) is 0 Å². The molecule has 0 unspecified atom stereocenters. The fourth-order valence-corrected chi connectivity index (χ4v) is 2.66. The molecule has 0 aliphatic rings. The van der Waals surface area contributed by atoms with Crippen LogP contribution in [0.3, 0.4) is 0 Å². The molecule has 3 aromatic rings. The molecule has 102 valence electrons. The van der Waals surface area contributed by atoms with Crippen molar-refractivity contribution in [2.24, 2.45) is 0 Å². The van der Waals surface area contributed by atoms with Gasteiger partial charge >= 0.3 is 0 Å². The fraction of sp³-hybridized carbons (Fsp3) is 0.0714. The van der Waals surface area contributed by atoms with Crippen LogP contribution in [-0.4, -0.2) is 29.7 Å². The number of H-pyrrole nitrogens is 1. The van der Waals surface area contributed by atoms with Gasteiger partial charge in [-0.25, -0.2) is 13.4 Å². The summed E-state index contributed by atoms with van der Waals surface area (Å²) in [5, 5.41) is 9.92. The molecule has 0 atom stereocenters. The van der Waals surface area contributed by atoms with E-state index in [2.05, 4.69) is 9.97 Å². The van der Waals surface area contributed by atoms with E-state index in [0.717, 1.165) is 17.3 Å². The smallest absolute Gasteiger partial charge is 0.175 e. The van der Waals surface area contributed by atoms with Gasteiger partial charge in [0.05, 0.1) is 21.5 Å². The molecule has 0 saturated carbocycles. The van der Waals surface area contributed by atoms with Gasteiger partial charge in [0.2, 0.25) is 0 Å². The van der Waals surface area contributed by atoms with E-state index >= 15 is 0 Å². The van der Waals surface area contributed by atoms with Gasteiger partial charge in [0.1, 0.15) is 11.6 Å². The Morgan fingerprint density at radius 3 is 2.60 bits per heavy atom. The number of aromatic nitrogens is 2. The second-order valence-electron chi connectivity index (χ2n) is 4.55. The Kier molecular flexibility index (Phi) is 2.76. The summed E-state index contributed by atoms with van der Waals surface area (Å²) < 4.78 is 23.2. The highest BCUT2D eigenvalue weighted by molar-refractivity contribution is 7.90. The van der Waals surface area contributed by atoms with Crippen LogP contribution in [0.1, 0.15) is 0 Å². The molecule has 1 aromatic heterocycles. The first kappa shape index (κ1) is 12.7. The van der Waals surface area contributed by atoms with Gasteiger partial charge in [-0.15, -0.1) is 0 Å². The molecule has 1 heterocycles. The number of nitrogens with one attached hydrogen (secondary N) is 1. The number of hydrogen-bond donors (Lipinski definition) is 2. The first-order chi connectivity index (χ1) is 9.45. The highest BCUT2D eigenvalue weighted by atomic mass is 32.2. The van der Waals surface area contributed by atoms with E-state index in [-0.39, 0.29) is 10.6 Å². The Morgan fingerprint density at radius 2 is 1.90 bits per heavy atom. The molecule has 0 aliphatic heterocycles. The van der Waals surface area contributed by atoms with Crippen molar-refractivity contribution in [3.05, 3.63) is 42.5 Å². The second kappa shape index (κ2) is 4.35. The number of nitrogens with zero attached hydrogens (tertiary/aromatic N) is 1. The van der Waals surface area contributed by atoms with Gasteiger partial charge in [-0.05, 0) is 30.3 Å². The van der Waals surface area contributed by atoms with Crippen molar-refractivity contribution in [3.63, 3.8) is 0 Å². The molecule has 2 aromatic carbocycles. The normalized spacial score (nSPS) is 11.8. The highest BCUT2D eigenvalue weighted by Crippen LogP contribution is 2.30. The monoisotopic (exact) mass is 288 g/mol. The number of sulfone groups is 1. The van der Waals surface area contributed by atoms with Gasteiger partial charge in [-0.2, -0.15) is 0 Å². The van der Waals surface area contributed by atoms with Crippen molar-refractivity contribution in [2.75, 3.05) is 6.26 Å². The molecule has 0 amide bonds. The average molecular weight is 288 g/mol. The summed E-state index contributed by atoms with van der Waals surface area (Å²) in [6, 6.07) is 11.6. The largest absolute Gasteiger partial charge is 0.507 e. The Morgan fingerprint density at radius 1 is 1.15 bits per heavy atom. The van der Waals surface area contributed by atoms with Crippen molar-refractivity contribution in [3.8, 4) is 17.1 Å². The minimum atomic E-state index is -3.33. The molecule has 6 heteroatoms. The molecule has 0 aliphatic carbocycles. The predicted octanol–water partition coefficient (Wildman–Crippen LogP) is 2.34. The van der Waals surface area contributed by atoms with Crippen LogP contribution in [0.4, 0.5) is 0 Å². The zero-order valence-electron chi connectivity index (χ0n) is 10.7. The lowest BCUT2D eigenvalue weighted by molar-refractivity contribution is 0.476. The molecular weight excluding hydrogens is 276 g/mol. The van der Waals surface area contributed by atoms with Gasteiger partial charge in [-0.1, -0.05) is 12.1 Å². The van der Waals surface area contributed by atoms with Crippen molar-refractivity contribution in [2.45, 2.75) is 4.90 Å². The number of imidazole rings is 1. The number of phenols is 1. The van der Waals surface area contributed by atoms with E-state index in [9.17, 15) is 13.5 Å². The second-order valence-corrected chi connectivity index (χ2v) is 6.57. The van der Waals surface area contributed by atoms with Crippen molar-refractivity contribution >= 4 is 20.9 Å². The number of hydrogen-bond acceptors (Lipinski definition) is 4. The number of benzene rings is 2. The number of phenolic OH excluding ortho intramolecular Hbond substituents is 1. The average Bonchev–Trinajstić information content (AvgIpc) is 2.81. The maximum Gasteiger partial charge on any atom is 0.175 e. The van der Waals surface area contributed by atoms with Crippen LogP contribution in [0.25, 0.3) is 22.4 Å². The summed E-state index contributed by atoms with van der Waals surface area (Å²) in [6.07, 6.45) is 1.13. The molecule has 3 rings (SSSR count). The third-order valence-electron chi connectivity index (χ3n) is 3.04. The maximum atomic E-state index is 11.6. The topological polar surface area (TPSA) is 83.1 Å². The number of para-hydroxylation sites is 2. The molecule has 0 saturated heterocycles. The Hall–Kier alpha value is -2.34. The fourth-order valence-electron chi connectivity index (χ4n) is 2.02. The van der Waals surface area contributed by atoms with E-state index in [4.69, 9.17) is 0 Å². The van der Waals surface area contributed by atoms with E-state index in [0.29, 0.717) is 11.4 Å². The van der Waals surface area contributed by atoms with Crippen LogP contribution in [0.5, 0.6) is 5.75 Å². The third kappa shape index (κ3) is 2.14. The molecule has 0 bridgehead atoms. The summed E-state index contributed by atoms with van der Waals surface area (Å²) >= 11 is 0. The summed E-state index contributed by atoms with van der Waals surface area (Å²) in [5.41, 5.74) is 1.95. The Bertz CT molecular complexity index is 865. The van der Waals surface area contributed by atoms with E-state index in [1.807, 2.05) is 24.3 Å². The van der Waals surface area contributed by atoms with Gasteiger partial charge in [0, 0.05) is 6.26 Å². The van der Waals surface area contributed by atoms with Crippen LogP contribution in [0, 0.1) is 0 Å². The summed E-state index contributed by atoms with van der Waals surface area (Å²) in [5.74, 6) is 0.422. The van der Waals surface area contributed by atoms with Gasteiger partial charge < -0.3 is 10.1 Å². The van der Waals surface area contributed by atoms with Crippen molar-refractivity contribution < 1.29 is 13.5 Å². The molecule has 2 N–H and O–H groups in total. The van der Waals surface area contributed by atoms with Gasteiger partial charge in [0.15, 0.2) is 9.84 Å². The van der Waals surface area contributed by atoms with Crippen LogP contribution in [0.15, 0.2) is 47.4 Å². The van der Waals surface area contributed by atoms with E-state index in [1.165, 1.54) is 18.2 Å². The number of aromatic hydroxyl groups is 1. The first-order valence-electron chi connectivity index (χ1n) is 5.93. The van der Waals surface area contributed by atoms with Crippen LogP contribution in [-0.2, 0) is 9.84 Å². The number of aromatic amines is 1. The number of fused-ring (bicyclic) bond motifs is 1. The predicted molar refractivity (Wildman–Crippen MR) is 76.3 cm³/mol. The zero-order valence-corrected chi connectivity index (χ0v) is 11.5. The molecule has 20 heavy (non-hydrogen) atoms. The molecule has 0 radical (unpaired) electrons. The quantitative estimate of drug-likeness (QED) is 0.758. The van der Waals surface area contributed by atoms with Crippen LogP contribution >= 0.6 is 0 Å². The molecule has 5 nitrogen and oxygen atoms in total. The summed E-state index contributed by atoms with van der Waals surface area (Å²) in [7, 11) is -3.33. The lowest BCUT2D eigenvalue weighted by Gasteiger charge is -2.04. The molecule has 0 fully saturated rings. The van der Waals surface area contributed by atoms with Crippen LogP contribution in [0.2, 0.25) is 0 Å². The maximum absolute atomic E-state index is 11.6. The lowest BCUT2D eigenvalue weighted by atomic mass is 10.2. The van der Waals surface area contributed by atoms with Gasteiger partial charge in [-0.3, -0.25) is 0 Å². The van der Waals surface area contributed by atoms with E-state index < -0.39 is 9.84 Å². The third-order valence-corrected chi connectivity index (χ3v) is 4.15. The first-order valence-corrected chi connectivity index (χ1v) is 7.82. The Balaban J connectivity index is 2.23. The van der Waals surface area contributed by atoms with Crippen LogP contribution < -0.4 is 0 Å². The Labute approximate surface area is 115 Å². The van der Waals surface area contributed by atoms with Crippen molar-refractivity contribution in [1.29, 1.82) is 0 Å². The highest BCUT2D eigenvalue weighted by Gasteiger charge is 2.14. The molecular formula is C14H12N2O3S. The SMILES string of the molecule is CS(=O)(=O)c1ccc(O)c(-c2nc3ccccc3[nH]2)c1. The summed E-state index contributed by atoms with van der Waals surface area (Å²) in [4.78, 5) is 7.57.